The summed E-state index contributed by atoms with van der Waals surface area (Å²) in [6, 6.07) is 4.19. The van der Waals surface area contributed by atoms with E-state index in [-0.39, 0.29) is 0 Å². The number of hydrogen-bond acceptors (Lipinski definition) is 3. The molecule has 0 atom stereocenters. The maximum absolute atomic E-state index is 13.2. The molecule has 94 valence electrons. The van der Waals surface area contributed by atoms with Crippen LogP contribution in [-0.2, 0) is 0 Å². The number of nitrogens with one attached hydrogen (secondary N) is 1. The molecule has 1 aromatic heterocycles. The van der Waals surface area contributed by atoms with Crippen LogP contribution in [0.15, 0.2) is 28.9 Å². The molecular formula is C12H10BrClFN3. The van der Waals surface area contributed by atoms with Crippen molar-refractivity contribution in [2.24, 2.45) is 0 Å². The number of pyridine rings is 1. The number of anilines is 3. The highest BCUT2D eigenvalue weighted by atomic mass is 79.9. The van der Waals surface area contributed by atoms with Crippen molar-refractivity contribution in [2.75, 3.05) is 11.1 Å². The number of rotatable bonds is 2. The smallest absolute Gasteiger partial charge is 0.145 e. The Morgan fingerprint density at radius 2 is 2.11 bits per heavy atom. The van der Waals surface area contributed by atoms with Crippen LogP contribution in [0.2, 0.25) is 5.02 Å². The van der Waals surface area contributed by atoms with Gasteiger partial charge in [0, 0.05) is 10.7 Å². The molecule has 0 amide bonds. The van der Waals surface area contributed by atoms with Gasteiger partial charge in [-0.2, -0.15) is 0 Å². The zero-order valence-corrected chi connectivity index (χ0v) is 11.8. The van der Waals surface area contributed by atoms with E-state index in [1.165, 1.54) is 12.1 Å². The van der Waals surface area contributed by atoms with Gasteiger partial charge in [-0.25, -0.2) is 9.37 Å². The molecule has 2 aromatic rings. The van der Waals surface area contributed by atoms with E-state index in [1.54, 1.807) is 12.3 Å². The average molecular weight is 331 g/mol. The molecular weight excluding hydrogens is 321 g/mol. The normalized spacial score (nSPS) is 10.4. The van der Waals surface area contributed by atoms with Crippen LogP contribution in [0.1, 0.15) is 5.56 Å². The maximum Gasteiger partial charge on any atom is 0.145 e. The van der Waals surface area contributed by atoms with Crippen LogP contribution in [-0.4, -0.2) is 4.98 Å². The Morgan fingerprint density at radius 1 is 1.39 bits per heavy atom. The molecule has 18 heavy (non-hydrogen) atoms. The van der Waals surface area contributed by atoms with Gasteiger partial charge in [-0.05, 0) is 46.6 Å². The van der Waals surface area contributed by atoms with Crippen molar-refractivity contribution in [1.82, 2.24) is 4.98 Å². The van der Waals surface area contributed by atoms with Gasteiger partial charge >= 0.3 is 0 Å². The fourth-order valence-corrected chi connectivity index (χ4v) is 2.09. The third-order valence-corrected chi connectivity index (χ3v) is 3.62. The minimum absolute atomic E-state index is 0.320. The Bertz CT molecular complexity index is 584. The maximum atomic E-state index is 13.2. The zero-order valence-electron chi connectivity index (χ0n) is 9.47. The van der Waals surface area contributed by atoms with Crippen molar-refractivity contribution in [3.8, 4) is 0 Å². The lowest BCUT2D eigenvalue weighted by Gasteiger charge is -2.11. The number of nitrogens with zero attached hydrogens (tertiary/aromatic N) is 1. The van der Waals surface area contributed by atoms with Crippen LogP contribution in [0.5, 0.6) is 0 Å². The summed E-state index contributed by atoms with van der Waals surface area (Å²) in [6.45, 7) is 1.87. The first-order valence-electron chi connectivity index (χ1n) is 5.11. The van der Waals surface area contributed by atoms with Gasteiger partial charge < -0.3 is 11.1 Å². The largest absolute Gasteiger partial charge is 0.397 e. The summed E-state index contributed by atoms with van der Waals surface area (Å²) in [7, 11) is 0. The van der Waals surface area contributed by atoms with Gasteiger partial charge in [-0.15, -0.1) is 0 Å². The molecule has 0 spiro atoms. The second kappa shape index (κ2) is 5.12. The predicted octanol–water partition coefficient (Wildman–Crippen LogP) is 4.27. The van der Waals surface area contributed by atoms with Gasteiger partial charge in [0.15, 0.2) is 0 Å². The molecule has 0 aliphatic carbocycles. The van der Waals surface area contributed by atoms with Crippen LogP contribution >= 0.6 is 27.5 Å². The Kier molecular flexibility index (Phi) is 3.73. The van der Waals surface area contributed by atoms with Crippen LogP contribution in [0, 0.1) is 12.7 Å². The number of nitrogen functional groups attached to an aromatic ring is 1. The molecule has 3 N–H and O–H groups in total. The van der Waals surface area contributed by atoms with Crippen LogP contribution in [0.4, 0.5) is 21.6 Å². The van der Waals surface area contributed by atoms with E-state index in [2.05, 4.69) is 26.2 Å². The Balaban J connectivity index is 2.37. The standard InChI is InChI=1S/C12H10BrClFN3/c1-6-10(16)5-17-12(11(6)13)18-9-3-7(14)2-8(15)4-9/h2-5H,16H2,1H3,(H,17,18). The van der Waals surface area contributed by atoms with Crippen LogP contribution < -0.4 is 11.1 Å². The number of hydrogen-bond donors (Lipinski definition) is 2. The zero-order chi connectivity index (χ0) is 13.3. The Morgan fingerprint density at radius 3 is 2.78 bits per heavy atom. The highest BCUT2D eigenvalue weighted by molar-refractivity contribution is 9.10. The van der Waals surface area contributed by atoms with E-state index in [1.807, 2.05) is 6.92 Å². The average Bonchev–Trinajstić information content (AvgIpc) is 2.29. The van der Waals surface area contributed by atoms with Crippen LogP contribution in [0.25, 0.3) is 0 Å². The van der Waals surface area contributed by atoms with Crippen molar-refractivity contribution in [3.63, 3.8) is 0 Å². The van der Waals surface area contributed by atoms with E-state index in [0.717, 1.165) is 10.0 Å². The summed E-state index contributed by atoms with van der Waals surface area (Å²) in [5.41, 5.74) is 7.71. The molecule has 1 aromatic carbocycles. The number of halogens is 3. The second-order valence-electron chi connectivity index (χ2n) is 3.78. The van der Waals surface area contributed by atoms with Gasteiger partial charge in [0.25, 0.3) is 0 Å². The minimum Gasteiger partial charge on any atom is -0.397 e. The highest BCUT2D eigenvalue weighted by Crippen LogP contribution is 2.30. The van der Waals surface area contributed by atoms with Crippen molar-refractivity contribution in [3.05, 3.63) is 45.3 Å². The summed E-state index contributed by atoms with van der Waals surface area (Å²) < 4.78 is 13.9. The van der Waals surface area contributed by atoms with E-state index >= 15 is 0 Å². The molecule has 0 aliphatic rings. The first-order valence-corrected chi connectivity index (χ1v) is 6.28. The first kappa shape index (κ1) is 13.1. The summed E-state index contributed by atoms with van der Waals surface area (Å²) >= 11 is 9.17. The third-order valence-electron chi connectivity index (χ3n) is 2.43. The second-order valence-corrected chi connectivity index (χ2v) is 5.01. The van der Waals surface area contributed by atoms with Crippen molar-refractivity contribution >= 4 is 44.7 Å². The Hall–Kier alpha value is -1.33. The summed E-state index contributed by atoms with van der Waals surface area (Å²) in [5.74, 6) is 0.150. The molecule has 1 heterocycles. The predicted molar refractivity (Wildman–Crippen MR) is 75.8 cm³/mol. The van der Waals surface area contributed by atoms with Crippen LogP contribution in [0.3, 0.4) is 0 Å². The quantitative estimate of drug-likeness (QED) is 0.864. The molecule has 0 saturated heterocycles. The number of nitrogens with two attached hydrogens (primary N) is 1. The van der Waals surface area contributed by atoms with Gasteiger partial charge in [0.1, 0.15) is 11.6 Å². The molecule has 6 heteroatoms. The monoisotopic (exact) mass is 329 g/mol. The van der Waals surface area contributed by atoms with E-state index < -0.39 is 5.82 Å². The molecule has 0 saturated carbocycles. The molecule has 0 bridgehead atoms. The molecule has 0 radical (unpaired) electrons. The minimum atomic E-state index is -0.409. The fraction of sp³-hybridized carbons (Fsp3) is 0.0833. The molecule has 0 fully saturated rings. The SMILES string of the molecule is Cc1c(N)cnc(Nc2cc(F)cc(Cl)c2)c1Br. The van der Waals surface area contributed by atoms with E-state index in [0.29, 0.717) is 22.2 Å². The number of benzene rings is 1. The highest BCUT2D eigenvalue weighted by Gasteiger charge is 2.08. The van der Waals surface area contributed by atoms with Crippen molar-refractivity contribution in [2.45, 2.75) is 6.92 Å². The lowest BCUT2D eigenvalue weighted by molar-refractivity contribution is 0.628. The topological polar surface area (TPSA) is 50.9 Å². The van der Waals surface area contributed by atoms with Gasteiger partial charge in [0.2, 0.25) is 0 Å². The van der Waals surface area contributed by atoms with E-state index in [9.17, 15) is 4.39 Å². The lowest BCUT2D eigenvalue weighted by atomic mass is 10.2. The van der Waals surface area contributed by atoms with Crippen molar-refractivity contribution < 1.29 is 4.39 Å². The van der Waals surface area contributed by atoms with Gasteiger partial charge in [0.05, 0.1) is 16.4 Å². The lowest BCUT2D eigenvalue weighted by Crippen LogP contribution is -1.99. The summed E-state index contributed by atoms with van der Waals surface area (Å²) in [5, 5.41) is 3.30. The third kappa shape index (κ3) is 2.73. The summed E-state index contributed by atoms with van der Waals surface area (Å²) in [6.07, 6.45) is 1.54. The first-order chi connectivity index (χ1) is 8.47. The number of aromatic nitrogens is 1. The van der Waals surface area contributed by atoms with Crippen molar-refractivity contribution in [1.29, 1.82) is 0 Å². The van der Waals surface area contributed by atoms with E-state index in [4.69, 9.17) is 17.3 Å². The fourth-order valence-electron chi connectivity index (χ4n) is 1.44. The molecule has 3 nitrogen and oxygen atoms in total. The molecule has 0 aliphatic heterocycles. The van der Waals surface area contributed by atoms with Gasteiger partial charge in [-0.1, -0.05) is 11.6 Å². The molecule has 2 rings (SSSR count). The summed E-state index contributed by atoms with van der Waals surface area (Å²) in [4.78, 5) is 4.14. The van der Waals surface area contributed by atoms with Gasteiger partial charge in [-0.3, -0.25) is 0 Å². The molecule has 0 unspecified atom stereocenters. The Labute approximate surface area is 117 Å².